The third-order valence-corrected chi connectivity index (χ3v) is 4.78. The molecule has 140 valence electrons. The second-order valence-electron chi connectivity index (χ2n) is 6.51. The van der Waals surface area contributed by atoms with E-state index in [1.165, 1.54) is 6.07 Å². The Morgan fingerprint density at radius 1 is 0.786 bits per heavy atom. The summed E-state index contributed by atoms with van der Waals surface area (Å²) in [5.74, 6) is 1.94. The van der Waals surface area contributed by atoms with Crippen LogP contribution < -0.4 is 9.80 Å². The molecule has 0 unspecified atom stereocenters. The van der Waals surface area contributed by atoms with Gasteiger partial charge in [-0.2, -0.15) is 4.52 Å². The third-order valence-electron chi connectivity index (χ3n) is 4.78. The molecule has 0 bridgehead atoms. The molecule has 5 heterocycles. The second-order valence-corrected chi connectivity index (χ2v) is 6.51. The van der Waals surface area contributed by atoms with Gasteiger partial charge < -0.3 is 9.80 Å². The lowest BCUT2D eigenvalue weighted by atomic mass is 10.3. The topological polar surface area (TPSA) is 75.3 Å². The number of fused-ring (bicyclic) bond motifs is 1. The average molecular weight is 376 g/mol. The fourth-order valence-electron chi connectivity index (χ4n) is 3.32. The highest BCUT2D eigenvalue weighted by molar-refractivity contribution is 5.56. The second kappa shape index (κ2) is 6.84. The maximum absolute atomic E-state index is 13.2. The first-order valence-electron chi connectivity index (χ1n) is 9.03. The average Bonchev–Trinajstić information content (AvgIpc) is 3.18. The summed E-state index contributed by atoms with van der Waals surface area (Å²) >= 11 is 0. The summed E-state index contributed by atoms with van der Waals surface area (Å²) in [5, 5.41) is 13.0. The highest BCUT2D eigenvalue weighted by Gasteiger charge is 2.20. The molecule has 1 fully saturated rings. The number of pyridine rings is 2. The molecule has 0 amide bonds. The van der Waals surface area contributed by atoms with E-state index in [-0.39, 0.29) is 0 Å². The van der Waals surface area contributed by atoms with Crippen molar-refractivity contribution in [3.8, 4) is 11.5 Å². The molecule has 0 saturated carbocycles. The number of hydrogen-bond donors (Lipinski definition) is 0. The fraction of sp³-hybridized carbons (Fsp3) is 0.211. The Labute approximate surface area is 160 Å². The molecule has 1 saturated heterocycles. The molecule has 0 aliphatic carbocycles. The quantitative estimate of drug-likeness (QED) is 0.542. The minimum Gasteiger partial charge on any atom is -0.353 e. The van der Waals surface area contributed by atoms with E-state index < -0.39 is 5.82 Å². The van der Waals surface area contributed by atoms with Crippen molar-refractivity contribution in [2.45, 2.75) is 0 Å². The molecule has 1 aliphatic rings. The Morgan fingerprint density at radius 3 is 2.32 bits per heavy atom. The van der Waals surface area contributed by atoms with E-state index in [1.54, 1.807) is 10.6 Å². The van der Waals surface area contributed by atoms with Crippen molar-refractivity contribution < 1.29 is 4.39 Å². The van der Waals surface area contributed by atoms with E-state index in [1.807, 2.05) is 36.5 Å². The van der Waals surface area contributed by atoms with E-state index in [2.05, 4.69) is 30.0 Å². The minimum absolute atomic E-state index is 0.392. The van der Waals surface area contributed by atoms with Crippen LogP contribution in [0.3, 0.4) is 0 Å². The van der Waals surface area contributed by atoms with Crippen LogP contribution in [0.15, 0.2) is 54.9 Å². The number of hydrogen-bond acceptors (Lipinski definition) is 7. The highest BCUT2D eigenvalue weighted by atomic mass is 19.1. The Morgan fingerprint density at radius 2 is 1.61 bits per heavy atom. The highest BCUT2D eigenvalue weighted by Crippen LogP contribution is 2.20. The Hall–Kier alpha value is -3.62. The maximum atomic E-state index is 13.2. The predicted octanol–water partition coefficient (Wildman–Crippen LogP) is 2.05. The van der Waals surface area contributed by atoms with Crippen LogP contribution in [0.4, 0.5) is 16.0 Å². The third kappa shape index (κ3) is 3.00. The number of aromatic nitrogens is 6. The van der Waals surface area contributed by atoms with Gasteiger partial charge in [0.05, 0.1) is 6.20 Å². The molecule has 0 N–H and O–H groups in total. The smallest absolute Gasteiger partial charge is 0.203 e. The van der Waals surface area contributed by atoms with Gasteiger partial charge >= 0.3 is 0 Å². The van der Waals surface area contributed by atoms with E-state index in [9.17, 15) is 4.39 Å². The van der Waals surface area contributed by atoms with Gasteiger partial charge in [-0.25, -0.2) is 14.4 Å². The van der Waals surface area contributed by atoms with Crippen LogP contribution in [0, 0.1) is 5.82 Å². The van der Waals surface area contributed by atoms with Gasteiger partial charge in [0.25, 0.3) is 0 Å². The zero-order valence-electron chi connectivity index (χ0n) is 15.0. The van der Waals surface area contributed by atoms with Gasteiger partial charge in [0.15, 0.2) is 5.65 Å². The van der Waals surface area contributed by atoms with Gasteiger partial charge in [-0.05, 0) is 36.4 Å². The first-order chi connectivity index (χ1) is 13.8. The van der Waals surface area contributed by atoms with Crippen molar-refractivity contribution in [1.82, 2.24) is 29.8 Å². The molecule has 5 rings (SSSR count). The van der Waals surface area contributed by atoms with Crippen LogP contribution in [-0.4, -0.2) is 56.0 Å². The van der Waals surface area contributed by atoms with Crippen molar-refractivity contribution >= 4 is 17.3 Å². The zero-order valence-corrected chi connectivity index (χ0v) is 15.0. The Bertz CT molecular complexity index is 1090. The van der Waals surface area contributed by atoms with Crippen LogP contribution in [0.1, 0.15) is 0 Å². The summed E-state index contributed by atoms with van der Waals surface area (Å²) in [6.07, 6.45) is 2.98. The molecule has 4 aromatic heterocycles. The summed E-state index contributed by atoms with van der Waals surface area (Å²) in [6.45, 7) is 3.40. The van der Waals surface area contributed by atoms with Crippen LogP contribution in [0.25, 0.3) is 17.2 Å². The van der Waals surface area contributed by atoms with E-state index in [0.29, 0.717) is 17.2 Å². The van der Waals surface area contributed by atoms with Gasteiger partial charge in [-0.3, -0.25) is 0 Å². The number of anilines is 2. The first-order valence-corrected chi connectivity index (χ1v) is 9.03. The summed E-state index contributed by atoms with van der Waals surface area (Å²) in [6, 6.07) is 12.7. The van der Waals surface area contributed by atoms with Crippen molar-refractivity contribution in [3.63, 3.8) is 0 Å². The minimum atomic E-state index is -0.392. The van der Waals surface area contributed by atoms with Gasteiger partial charge in [0.2, 0.25) is 5.82 Å². The summed E-state index contributed by atoms with van der Waals surface area (Å²) < 4.78 is 14.8. The van der Waals surface area contributed by atoms with Crippen molar-refractivity contribution in [1.29, 1.82) is 0 Å². The predicted molar refractivity (Wildman–Crippen MR) is 103 cm³/mol. The van der Waals surface area contributed by atoms with Crippen LogP contribution in [0.5, 0.6) is 0 Å². The molecule has 0 radical (unpaired) electrons. The monoisotopic (exact) mass is 376 g/mol. The molecule has 9 heteroatoms. The lowest BCUT2D eigenvalue weighted by Crippen LogP contribution is -2.47. The summed E-state index contributed by atoms with van der Waals surface area (Å²) in [5.41, 5.74) is 1.15. The van der Waals surface area contributed by atoms with E-state index in [0.717, 1.165) is 44.0 Å². The van der Waals surface area contributed by atoms with Gasteiger partial charge in [0, 0.05) is 32.4 Å². The molecule has 28 heavy (non-hydrogen) atoms. The molecule has 1 aliphatic heterocycles. The molecular formula is C19H17FN8. The van der Waals surface area contributed by atoms with Crippen LogP contribution in [-0.2, 0) is 0 Å². The Kier molecular flexibility index (Phi) is 4.04. The molecule has 0 atom stereocenters. The van der Waals surface area contributed by atoms with Crippen LogP contribution in [0.2, 0.25) is 0 Å². The maximum Gasteiger partial charge on any atom is 0.203 e. The SMILES string of the molecule is Fc1ccc(-c2nnc3ccc(N4CCN(c5ccccn5)CC4)nn23)nc1. The standard InChI is InChI=1S/C19H17FN8/c20-14-4-5-15(22-13-14)19-24-23-17-6-7-18(25-28(17)19)27-11-9-26(10-12-27)16-3-1-2-8-21-16/h1-8,13H,9-12H2. The molecule has 0 aromatic carbocycles. The number of rotatable bonds is 3. The number of halogens is 1. The Balaban J connectivity index is 1.40. The molecule has 8 nitrogen and oxygen atoms in total. The van der Waals surface area contributed by atoms with E-state index in [4.69, 9.17) is 5.10 Å². The van der Waals surface area contributed by atoms with E-state index >= 15 is 0 Å². The van der Waals surface area contributed by atoms with Gasteiger partial charge in [-0.1, -0.05) is 6.07 Å². The molecule has 0 spiro atoms. The summed E-state index contributed by atoms with van der Waals surface area (Å²) in [7, 11) is 0. The first kappa shape index (κ1) is 16.5. The lowest BCUT2D eigenvalue weighted by molar-refractivity contribution is 0.621. The number of nitrogens with zero attached hydrogens (tertiary/aromatic N) is 8. The molecular weight excluding hydrogens is 359 g/mol. The number of piperazine rings is 1. The van der Waals surface area contributed by atoms with Crippen molar-refractivity contribution in [2.24, 2.45) is 0 Å². The van der Waals surface area contributed by atoms with Gasteiger partial charge in [0.1, 0.15) is 23.1 Å². The summed E-state index contributed by atoms with van der Waals surface area (Å²) in [4.78, 5) is 13.0. The van der Waals surface area contributed by atoms with Crippen molar-refractivity contribution in [2.75, 3.05) is 36.0 Å². The normalized spacial score (nSPS) is 14.6. The van der Waals surface area contributed by atoms with Crippen molar-refractivity contribution in [3.05, 3.63) is 60.7 Å². The van der Waals surface area contributed by atoms with Crippen LogP contribution >= 0.6 is 0 Å². The molecule has 4 aromatic rings. The fourth-order valence-corrected chi connectivity index (χ4v) is 3.32. The van der Waals surface area contributed by atoms with Gasteiger partial charge in [-0.15, -0.1) is 15.3 Å². The largest absolute Gasteiger partial charge is 0.353 e. The lowest BCUT2D eigenvalue weighted by Gasteiger charge is -2.35. The zero-order chi connectivity index (χ0) is 18.9.